The van der Waals surface area contributed by atoms with E-state index in [1.54, 1.807) is 0 Å². The minimum Gasteiger partial charge on any atom is -0.372 e. The van der Waals surface area contributed by atoms with Crippen LogP contribution in [0, 0.1) is 6.92 Å². The van der Waals surface area contributed by atoms with Crippen LogP contribution in [-0.2, 0) is 24.2 Å². The van der Waals surface area contributed by atoms with Crippen molar-refractivity contribution >= 4 is 5.95 Å². The van der Waals surface area contributed by atoms with Crippen molar-refractivity contribution in [3.05, 3.63) is 51.2 Å². The number of nitrogens with zero attached hydrogens (tertiary/aromatic N) is 4. The topological polar surface area (TPSA) is 74.3 Å². The second kappa shape index (κ2) is 7.40. The van der Waals surface area contributed by atoms with E-state index in [4.69, 9.17) is 9.72 Å². The fraction of sp³-hybridized carbons (Fsp3) is 0.550. The van der Waals surface area contributed by atoms with Crippen LogP contribution in [0.4, 0.5) is 5.95 Å². The second-order valence-corrected chi connectivity index (χ2v) is 7.71. The summed E-state index contributed by atoms with van der Waals surface area (Å²) in [5.41, 5.74) is 3.79. The van der Waals surface area contributed by atoms with Gasteiger partial charge in [0.1, 0.15) is 0 Å². The molecule has 27 heavy (non-hydrogen) atoms. The molecule has 7 nitrogen and oxygen atoms in total. The third-order valence-corrected chi connectivity index (χ3v) is 5.19. The van der Waals surface area contributed by atoms with Crippen LogP contribution in [0.15, 0.2) is 23.0 Å². The van der Waals surface area contributed by atoms with Crippen LogP contribution < -0.4 is 10.5 Å². The number of nitrogens with one attached hydrogen (secondary N) is 1. The summed E-state index contributed by atoms with van der Waals surface area (Å²) in [6.45, 7) is 9.89. The fourth-order valence-electron chi connectivity index (χ4n) is 4.03. The van der Waals surface area contributed by atoms with Gasteiger partial charge >= 0.3 is 0 Å². The van der Waals surface area contributed by atoms with E-state index >= 15 is 0 Å². The zero-order valence-corrected chi connectivity index (χ0v) is 16.2. The van der Waals surface area contributed by atoms with Gasteiger partial charge in [-0.25, -0.2) is 4.98 Å². The number of fused-ring (bicyclic) bond motifs is 1. The molecule has 0 bridgehead atoms. The number of hydrogen-bond acceptors (Lipinski definition) is 6. The molecule has 2 aromatic heterocycles. The van der Waals surface area contributed by atoms with Crippen molar-refractivity contribution in [2.75, 3.05) is 24.5 Å². The lowest BCUT2D eigenvalue weighted by Crippen LogP contribution is -2.47. The molecule has 7 heteroatoms. The Kier molecular flexibility index (Phi) is 4.97. The van der Waals surface area contributed by atoms with E-state index < -0.39 is 0 Å². The number of aromatic nitrogens is 3. The molecule has 0 aliphatic carbocycles. The molecule has 2 atom stereocenters. The summed E-state index contributed by atoms with van der Waals surface area (Å²) in [6.07, 6.45) is 0.970. The smallest absolute Gasteiger partial charge is 0.255 e. The van der Waals surface area contributed by atoms with Gasteiger partial charge < -0.3 is 9.64 Å². The molecule has 2 unspecified atom stereocenters. The summed E-state index contributed by atoms with van der Waals surface area (Å²) in [5, 5.41) is 0. The molecule has 0 aromatic carbocycles. The first-order valence-electron chi connectivity index (χ1n) is 9.65. The number of anilines is 1. The van der Waals surface area contributed by atoms with Gasteiger partial charge in [-0.3, -0.25) is 19.7 Å². The van der Waals surface area contributed by atoms with E-state index in [2.05, 4.69) is 39.7 Å². The Balaban J connectivity index is 1.55. The lowest BCUT2D eigenvalue weighted by molar-refractivity contribution is -0.00576. The van der Waals surface area contributed by atoms with Gasteiger partial charge in [0.2, 0.25) is 5.95 Å². The first-order chi connectivity index (χ1) is 13.0. The van der Waals surface area contributed by atoms with Crippen LogP contribution >= 0.6 is 0 Å². The average molecular weight is 369 g/mol. The van der Waals surface area contributed by atoms with Crippen molar-refractivity contribution in [1.29, 1.82) is 0 Å². The van der Waals surface area contributed by atoms with Crippen molar-refractivity contribution < 1.29 is 4.74 Å². The predicted octanol–water partition coefficient (Wildman–Crippen LogP) is 1.65. The molecule has 1 N–H and O–H groups in total. The molecule has 0 radical (unpaired) electrons. The highest BCUT2D eigenvalue weighted by Crippen LogP contribution is 2.20. The molecular formula is C20H27N5O2. The van der Waals surface area contributed by atoms with E-state index in [-0.39, 0.29) is 17.8 Å². The number of H-pyrrole nitrogens is 1. The molecule has 1 fully saturated rings. The Hall–Kier alpha value is -2.25. The van der Waals surface area contributed by atoms with E-state index in [1.807, 2.05) is 19.1 Å². The summed E-state index contributed by atoms with van der Waals surface area (Å²) in [4.78, 5) is 29.5. The van der Waals surface area contributed by atoms with Crippen LogP contribution in [0.5, 0.6) is 0 Å². The monoisotopic (exact) mass is 369 g/mol. The zero-order valence-electron chi connectivity index (χ0n) is 16.2. The van der Waals surface area contributed by atoms with E-state index in [0.717, 1.165) is 55.2 Å². The Morgan fingerprint density at radius 3 is 2.74 bits per heavy atom. The number of ether oxygens (including phenoxy) is 1. The minimum absolute atomic E-state index is 0.00451. The van der Waals surface area contributed by atoms with Crippen molar-refractivity contribution in [1.82, 2.24) is 19.9 Å². The number of aromatic amines is 1. The van der Waals surface area contributed by atoms with Crippen LogP contribution in [0.25, 0.3) is 0 Å². The minimum atomic E-state index is -0.00451. The normalized spacial score (nSPS) is 23.3. The third kappa shape index (κ3) is 4.04. The predicted molar refractivity (Wildman–Crippen MR) is 104 cm³/mol. The number of aryl methyl sites for hydroxylation is 1. The average Bonchev–Trinajstić information content (AvgIpc) is 2.60. The first kappa shape index (κ1) is 18.1. The number of pyridine rings is 1. The summed E-state index contributed by atoms with van der Waals surface area (Å²) in [7, 11) is 0. The second-order valence-electron chi connectivity index (χ2n) is 7.71. The van der Waals surface area contributed by atoms with Crippen LogP contribution in [-0.4, -0.2) is 51.7 Å². The van der Waals surface area contributed by atoms with Gasteiger partial charge in [-0.1, -0.05) is 6.07 Å². The first-order valence-corrected chi connectivity index (χ1v) is 9.65. The highest BCUT2D eigenvalue weighted by Gasteiger charge is 2.27. The molecule has 0 spiro atoms. The van der Waals surface area contributed by atoms with Crippen LogP contribution in [0.1, 0.15) is 36.5 Å². The van der Waals surface area contributed by atoms with Crippen LogP contribution in [0.3, 0.4) is 0 Å². The van der Waals surface area contributed by atoms with Gasteiger partial charge in [0, 0.05) is 44.0 Å². The molecule has 2 aromatic rings. The van der Waals surface area contributed by atoms with Gasteiger partial charge in [0.25, 0.3) is 5.56 Å². The molecular weight excluding hydrogens is 342 g/mol. The molecule has 0 saturated carbocycles. The number of morpholine rings is 1. The lowest BCUT2D eigenvalue weighted by Gasteiger charge is -2.36. The molecule has 2 aliphatic heterocycles. The largest absolute Gasteiger partial charge is 0.372 e. The van der Waals surface area contributed by atoms with E-state index in [1.165, 1.54) is 0 Å². The number of hydrogen-bond donors (Lipinski definition) is 1. The molecule has 144 valence electrons. The van der Waals surface area contributed by atoms with Gasteiger partial charge in [-0.2, -0.15) is 0 Å². The van der Waals surface area contributed by atoms with E-state index in [9.17, 15) is 4.79 Å². The van der Waals surface area contributed by atoms with Crippen molar-refractivity contribution in [2.24, 2.45) is 0 Å². The molecule has 0 amide bonds. The third-order valence-electron chi connectivity index (χ3n) is 5.19. The zero-order chi connectivity index (χ0) is 19.0. The Labute approximate surface area is 159 Å². The van der Waals surface area contributed by atoms with Gasteiger partial charge in [-0.05, 0) is 39.3 Å². The molecule has 1 saturated heterocycles. The molecule has 4 rings (SSSR count). The van der Waals surface area contributed by atoms with Gasteiger partial charge in [-0.15, -0.1) is 0 Å². The Morgan fingerprint density at radius 1 is 1.22 bits per heavy atom. The maximum Gasteiger partial charge on any atom is 0.255 e. The maximum atomic E-state index is 12.6. The van der Waals surface area contributed by atoms with Crippen molar-refractivity contribution in [2.45, 2.75) is 52.5 Å². The number of rotatable bonds is 3. The fourth-order valence-corrected chi connectivity index (χ4v) is 4.03. The maximum absolute atomic E-state index is 12.6. The quantitative estimate of drug-likeness (QED) is 0.887. The summed E-state index contributed by atoms with van der Waals surface area (Å²) < 4.78 is 5.80. The lowest BCUT2D eigenvalue weighted by atomic mass is 10.1. The Bertz CT molecular complexity index is 871. The van der Waals surface area contributed by atoms with Crippen LogP contribution in [0.2, 0.25) is 0 Å². The summed E-state index contributed by atoms with van der Waals surface area (Å²) in [6, 6.07) is 6.10. The highest BCUT2D eigenvalue weighted by molar-refractivity contribution is 5.35. The summed E-state index contributed by atoms with van der Waals surface area (Å²) >= 11 is 0. The van der Waals surface area contributed by atoms with E-state index in [0.29, 0.717) is 12.5 Å². The summed E-state index contributed by atoms with van der Waals surface area (Å²) in [5.74, 6) is 0.663. The molecule has 4 heterocycles. The van der Waals surface area contributed by atoms with Crippen molar-refractivity contribution in [3.63, 3.8) is 0 Å². The standard InChI is InChI=1S/C20H27N5O2/c1-13-5-4-6-16(21-13)11-24-8-7-17-18(12-24)22-20(23-19(17)26)25-9-14(2)27-15(3)10-25/h4-6,14-15H,7-12H2,1-3H3,(H,22,23,26). The SMILES string of the molecule is Cc1cccc(CN2CCc3c(nc(N4CC(C)OC(C)C4)[nH]c3=O)C2)n1. The molecule has 2 aliphatic rings. The Morgan fingerprint density at radius 2 is 2.00 bits per heavy atom. The van der Waals surface area contributed by atoms with Gasteiger partial charge in [0.05, 0.1) is 23.6 Å². The van der Waals surface area contributed by atoms with Gasteiger partial charge in [0.15, 0.2) is 0 Å². The van der Waals surface area contributed by atoms with Crippen molar-refractivity contribution in [3.8, 4) is 0 Å². The highest BCUT2D eigenvalue weighted by atomic mass is 16.5.